The van der Waals surface area contributed by atoms with Crippen molar-refractivity contribution >= 4 is 0 Å². The molecular formula is C15H18N2O4. The van der Waals surface area contributed by atoms with Crippen molar-refractivity contribution in [2.45, 2.75) is 33.6 Å². The number of aliphatic hydroxyl groups excluding tert-OH is 1. The van der Waals surface area contributed by atoms with Gasteiger partial charge in [0, 0.05) is 18.2 Å². The molecule has 1 aliphatic heterocycles. The fraction of sp³-hybridized carbons (Fsp3) is 0.400. The molecule has 0 amide bonds. The Hall–Kier alpha value is -2.21. The zero-order chi connectivity index (χ0) is 14.8. The summed E-state index contributed by atoms with van der Waals surface area (Å²) in [5.74, 6) is 1.88. The number of aryl methyl sites for hydroxylation is 2. The number of fused-ring (bicyclic) bond motifs is 1. The molecular weight excluding hydrogens is 272 g/mol. The van der Waals surface area contributed by atoms with Crippen LogP contribution in [0.1, 0.15) is 23.9 Å². The Bertz CT molecular complexity index is 651. The molecule has 112 valence electrons. The third-order valence-electron chi connectivity index (χ3n) is 3.39. The third-order valence-corrected chi connectivity index (χ3v) is 3.39. The van der Waals surface area contributed by atoms with E-state index in [1.807, 2.05) is 24.6 Å². The van der Waals surface area contributed by atoms with Crippen LogP contribution in [0.5, 0.6) is 17.2 Å². The molecule has 0 saturated heterocycles. The summed E-state index contributed by atoms with van der Waals surface area (Å²) in [4.78, 5) is 0. The monoisotopic (exact) mass is 290 g/mol. The van der Waals surface area contributed by atoms with Crippen molar-refractivity contribution in [2.75, 3.05) is 6.79 Å². The zero-order valence-corrected chi connectivity index (χ0v) is 12.1. The van der Waals surface area contributed by atoms with E-state index in [0.29, 0.717) is 29.4 Å². The second kappa shape index (κ2) is 5.65. The summed E-state index contributed by atoms with van der Waals surface area (Å²) in [6, 6.07) is 5.50. The molecule has 0 bridgehead atoms. The highest BCUT2D eigenvalue weighted by Crippen LogP contribution is 2.38. The highest BCUT2D eigenvalue weighted by molar-refractivity contribution is 5.51. The Morgan fingerprint density at radius 3 is 2.76 bits per heavy atom. The lowest BCUT2D eigenvalue weighted by Gasteiger charge is -2.12. The SMILES string of the molecule is CCn1nc(C)cc1COc1cc2c(cc1CO)OCO2. The van der Waals surface area contributed by atoms with Gasteiger partial charge in [-0.05, 0) is 26.0 Å². The number of hydrogen-bond donors (Lipinski definition) is 1. The van der Waals surface area contributed by atoms with Crippen LogP contribution in [0.15, 0.2) is 18.2 Å². The van der Waals surface area contributed by atoms with Gasteiger partial charge in [0.15, 0.2) is 11.5 Å². The summed E-state index contributed by atoms with van der Waals surface area (Å²) >= 11 is 0. The maximum absolute atomic E-state index is 9.46. The predicted molar refractivity (Wildman–Crippen MR) is 75.5 cm³/mol. The minimum absolute atomic E-state index is 0.113. The minimum Gasteiger partial charge on any atom is -0.487 e. The second-order valence-corrected chi connectivity index (χ2v) is 4.85. The molecule has 0 fully saturated rings. The van der Waals surface area contributed by atoms with Crippen LogP contribution >= 0.6 is 0 Å². The maximum atomic E-state index is 9.46. The number of benzene rings is 1. The lowest BCUT2D eigenvalue weighted by Crippen LogP contribution is -2.07. The largest absolute Gasteiger partial charge is 0.487 e. The van der Waals surface area contributed by atoms with E-state index >= 15 is 0 Å². The molecule has 0 unspecified atom stereocenters. The van der Waals surface area contributed by atoms with Gasteiger partial charge < -0.3 is 19.3 Å². The van der Waals surface area contributed by atoms with E-state index < -0.39 is 0 Å². The van der Waals surface area contributed by atoms with E-state index in [-0.39, 0.29) is 13.4 Å². The Morgan fingerprint density at radius 1 is 1.29 bits per heavy atom. The van der Waals surface area contributed by atoms with Gasteiger partial charge in [-0.25, -0.2) is 0 Å². The van der Waals surface area contributed by atoms with E-state index in [4.69, 9.17) is 14.2 Å². The highest BCUT2D eigenvalue weighted by atomic mass is 16.7. The molecule has 1 N–H and O–H groups in total. The summed E-state index contributed by atoms with van der Waals surface area (Å²) in [7, 11) is 0. The van der Waals surface area contributed by atoms with Crippen molar-refractivity contribution in [3.05, 3.63) is 35.2 Å². The van der Waals surface area contributed by atoms with Gasteiger partial charge in [-0.1, -0.05) is 0 Å². The fourth-order valence-electron chi connectivity index (χ4n) is 2.36. The van der Waals surface area contributed by atoms with Gasteiger partial charge >= 0.3 is 0 Å². The van der Waals surface area contributed by atoms with Gasteiger partial charge in [0.25, 0.3) is 0 Å². The summed E-state index contributed by atoms with van der Waals surface area (Å²) in [6.45, 7) is 5.26. The number of aliphatic hydroxyl groups is 1. The van der Waals surface area contributed by atoms with Gasteiger partial charge in [-0.3, -0.25) is 4.68 Å². The standard InChI is InChI=1S/C15H18N2O4/c1-3-17-12(4-10(2)16-17)8-19-13-6-15-14(20-9-21-15)5-11(13)7-18/h4-6,18H,3,7-9H2,1-2H3. The minimum atomic E-state index is -0.113. The molecule has 0 spiro atoms. The molecule has 21 heavy (non-hydrogen) atoms. The molecule has 6 heteroatoms. The van der Waals surface area contributed by atoms with Crippen LogP contribution in [-0.2, 0) is 19.8 Å². The normalized spacial score (nSPS) is 12.7. The molecule has 1 aliphatic rings. The van der Waals surface area contributed by atoms with E-state index in [1.165, 1.54) is 0 Å². The van der Waals surface area contributed by atoms with Crippen LogP contribution in [0, 0.1) is 6.92 Å². The average Bonchev–Trinajstić information content (AvgIpc) is 3.09. The second-order valence-electron chi connectivity index (χ2n) is 4.85. The summed E-state index contributed by atoms with van der Waals surface area (Å²) in [6.07, 6.45) is 0. The number of rotatable bonds is 5. The Kier molecular flexibility index (Phi) is 3.70. The maximum Gasteiger partial charge on any atom is 0.231 e. The molecule has 2 heterocycles. The lowest BCUT2D eigenvalue weighted by atomic mass is 10.2. The van der Waals surface area contributed by atoms with Crippen molar-refractivity contribution in [3.63, 3.8) is 0 Å². The summed E-state index contributed by atoms with van der Waals surface area (Å²) in [5, 5.41) is 13.8. The number of ether oxygens (including phenoxy) is 3. The van der Waals surface area contributed by atoms with E-state index in [9.17, 15) is 5.11 Å². The fourth-order valence-corrected chi connectivity index (χ4v) is 2.36. The van der Waals surface area contributed by atoms with Crippen LogP contribution in [0.25, 0.3) is 0 Å². The first-order valence-corrected chi connectivity index (χ1v) is 6.90. The summed E-state index contributed by atoms with van der Waals surface area (Å²) in [5.41, 5.74) is 2.64. The quantitative estimate of drug-likeness (QED) is 0.912. The van der Waals surface area contributed by atoms with Crippen LogP contribution in [0.4, 0.5) is 0 Å². The molecule has 3 rings (SSSR count). The first kappa shape index (κ1) is 13.8. The van der Waals surface area contributed by atoms with Gasteiger partial charge in [0.1, 0.15) is 12.4 Å². The van der Waals surface area contributed by atoms with Crippen molar-refractivity contribution in [1.29, 1.82) is 0 Å². The third kappa shape index (κ3) is 2.67. The van der Waals surface area contributed by atoms with Crippen LogP contribution in [0.3, 0.4) is 0 Å². The molecule has 2 aromatic rings. The van der Waals surface area contributed by atoms with Crippen LogP contribution < -0.4 is 14.2 Å². The Labute approximate surface area is 122 Å². The topological polar surface area (TPSA) is 65.7 Å². The van der Waals surface area contributed by atoms with Crippen molar-refractivity contribution in [2.24, 2.45) is 0 Å². The number of aromatic nitrogens is 2. The zero-order valence-electron chi connectivity index (χ0n) is 12.1. The molecule has 1 aromatic carbocycles. The van der Waals surface area contributed by atoms with Gasteiger partial charge in [0.2, 0.25) is 6.79 Å². The number of hydrogen-bond acceptors (Lipinski definition) is 5. The molecule has 0 radical (unpaired) electrons. The lowest BCUT2D eigenvalue weighted by molar-refractivity contribution is 0.173. The smallest absolute Gasteiger partial charge is 0.231 e. The molecule has 0 atom stereocenters. The molecule has 1 aromatic heterocycles. The Morgan fingerprint density at radius 2 is 2.05 bits per heavy atom. The first-order chi connectivity index (χ1) is 10.2. The Balaban J connectivity index is 1.81. The predicted octanol–water partition coefficient (Wildman–Crippen LogP) is 2.01. The molecule has 0 saturated carbocycles. The average molecular weight is 290 g/mol. The summed E-state index contributed by atoms with van der Waals surface area (Å²) < 4.78 is 18.4. The van der Waals surface area contributed by atoms with Crippen molar-refractivity contribution in [1.82, 2.24) is 9.78 Å². The molecule has 6 nitrogen and oxygen atoms in total. The molecule has 0 aliphatic carbocycles. The van der Waals surface area contributed by atoms with Gasteiger partial charge in [-0.2, -0.15) is 5.10 Å². The highest BCUT2D eigenvalue weighted by Gasteiger charge is 2.18. The van der Waals surface area contributed by atoms with Crippen molar-refractivity contribution in [3.8, 4) is 17.2 Å². The first-order valence-electron chi connectivity index (χ1n) is 6.90. The van der Waals surface area contributed by atoms with Gasteiger partial charge in [-0.15, -0.1) is 0 Å². The van der Waals surface area contributed by atoms with E-state index in [0.717, 1.165) is 17.9 Å². The van der Waals surface area contributed by atoms with E-state index in [2.05, 4.69) is 5.10 Å². The van der Waals surface area contributed by atoms with E-state index in [1.54, 1.807) is 12.1 Å². The van der Waals surface area contributed by atoms with Crippen molar-refractivity contribution < 1.29 is 19.3 Å². The van der Waals surface area contributed by atoms with Crippen LogP contribution in [-0.4, -0.2) is 21.7 Å². The van der Waals surface area contributed by atoms with Crippen LogP contribution in [0.2, 0.25) is 0 Å². The van der Waals surface area contributed by atoms with Gasteiger partial charge in [0.05, 0.1) is 18.0 Å². The number of nitrogens with zero attached hydrogens (tertiary/aromatic N) is 2.